The van der Waals surface area contributed by atoms with Gasteiger partial charge in [-0.15, -0.1) is 0 Å². The van der Waals surface area contributed by atoms with E-state index in [1.54, 1.807) is 0 Å². The van der Waals surface area contributed by atoms with Crippen molar-refractivity contribution < 1.29 is 9.84 Å². The summed E-state index contributed by atoms with van der Waals surface area (Å²) in [6.45, 7) is 17.3. The molecule has 0 amide bonds. The second-order valence-corrected chi connectivity index (χ2v) is 7.67. The van der Waals surface area contributed by atoms with Crippen molar-refractivity contribution in [2.45, 2.75) is 72.4 Å². The number of rotatable bonds is 7. The SMILES string of the molecule is Cc1nn(CCO)c(C)c1CNCC(C)(C)N1C[C@@H](C)O[C@H](C)C1. The third kappa shape index (κ3) is 4.57. The van der Waals surface area contributed by atoms with Crippen molar-refractivity contribution in [1.29, 1.82) is 0 Å². The van der Waals surface area contributed by atoms with Gasteiger partial charge in [-0.1, -0.05) is 0 Å². The van der Waals surface area contributed by atoms with E-state index in [2.05, 4.69) is 49.9 Å². The maximum atomic E-state index is 9.12. The summed E-state index contributed by atoms with van der Waals surface area (Å²) in [6.07, 6.45) is 0.573. The average molecular weight is 338 g/mol. The van der Waals surface area contributed by atoms with Crippen LogP contribution < -0.4 is 5.32 Å². The van der Waals surface area contributed by atoms with Crippen molar-refractivity contribution in [3.8, 4) is 0 Å². The first kappa shape index (κ1) is 19.4. The smallest absolute Gasteiger partial charge is 0.0678 e. The highest BCUT2D eigenvalue weighted by molar-refractivity contribution is 5.24. The molecule has 0 bridgehead atoms. The molecule has 24 heavy (non-hydrogen) atoms. The molecule has 1 aromatic rings. The molecule has 2 atom stereocenters. The Balaban J connectivity index is 1.93. The van der Waals surface area contributed by atoms with Crippen molar-refractivity contribution in [1.82, 2.24) is 20.0 Å². The molecule has 1 aliphatic rings. The van der Waals surface area contributed by atoms with E-state index in [9.17, 15) is 0 Å². The number of nitrogens with one attached hydrogen (secondary N) is 1. The second-order valence-electron chi connectivity index (χ2n) is 7.67. The molecule has 1 saturated heterocycles. The summed E-state index contributed by atoms with van der Waals surface area (Å²) in [5.74, 6) is 0. The third-order valence-electron chi connectivity index (χ3n) is 4.98. The minimum Gasteiger partial charge on any atom is -0.394 e. The molecule has 0 spiro atoms. The van der Waals surface area contributed by atoms with E-state index >= 15 is 0 Å². The van der Waals surface area contributed by atoms with Crippen LogP contribution in [0.4, 0.5) is 0 Å². The number of nitrogens with zero attached hydrogens (tertiary/aromatic N) is 3. The van der Waals surface area contributed by atoms with E-state index in [-0.39, 0.29) is 24.4 Å². The van der Waals surface area contributed by atoms with Gasteiger partial charge in [0.15, 0.2) is 0 Å². The number of aliphatic hydroxyl groups excluding tert-OH is 1. The highest BCUT2D eigenvalue weighted by Crippen LogP contribution is 2.21. The van der Waals surface area contributed by atoms with Gasteiger partial charge in [-0.2, -0.15) is 5.10 Å². The number of hydrogen-bond donors (Lipinski definition) is 2. The first-order chi connectivity index (χ1) is 11.2. The van der Waals surface area contributed by atoms with Gasteiger partial charge < -0.3 is 15.2 Å². The standard InChI is InChI=1S/C18H34N4O2/c1-13-10-21(11-14(2)24-13)18(5,6)12-19-9-17-15(3)20-22(7-8-23)16(17)4/h13-14,19,23H,7-12H2,1-6H3/t13-,14-/m1/s1. The Labute approximate surface area is 146 Å². The van der Waals surface area contributed by atoms with E-state index in [0.717, 1.165) is 37.6 Å². The fraction of sp³-hybridized carbons (Fsp3) is 0.833. The van der Waals surface area contributed by atoms with E-state index in [4.69, 9.17) is 9.84 Å². The quantitative estimate of drug-likeness (QED) is 0.788. The lowest BCUT2D eigenvalue weighted by molar-refractivity contribution is -0.0952. The Morgan fingerprint density at radius 1 is 1.25 bits per heavy atom. The van der Waals surface area contributed by atoms with Gasteiger partial charge >= 0.3 is 0 Å². The van der Waals surface area contributed by atoms with E-state index in [1.807, 2.05) is 11.6 Å². The molecule has 0 radical (unpaired) electrons. The minimum absolute atomic E-state index is 0.0786. The molecular formula is C18H34N4O2. The van der Waals surface area contributed by atoms with Crippen LogP contribution in [0.3, 0.4) is 0 Å². The largest absolute Gasteiger partial charge is 0.394 e. The van der Waals surface area contributed by atoms with Crippen molar-refractivity contribution in [3.63, 3.8) is 0 Å². The van der Waals surface area contributed by atoms with Gasteiger partial charge in [0.1, 0.15) is 0 Å². The molecule has 138 valence electrons. The summed E-state index contributed by atoms with van der Waals surface area (Å²) >= 11 is 0. The van der Waals surface area contributed by atoms with Crippen LogP contribution in [0, 0.1) is 13.8 Å². The molecule has 6 nitrogen and oxygen atoms in total. The van der Waals surface area contributed by atoms with Gasteiger partial charge in [-0.05, 0) is 41.5 Å². The molecule has 0 saturated carbocycles. The maximum absolute atomic E-state index is 9.12. The van der Waals surface area contributed by atoms with Crippen LogP contribution in [-0.2, 0) is 17.8 Å². The van der Waals surface area contributed by atoms with Crippen molar-refractivity contribution in [2.75, 3.05) is 26.2 Å². The van der Waals surface area contributed by atoms with Crippen molar-refractivity contribution in [2.24, 2.45) is 0 Å². The zero-order valence-corrected chi connectivity index (χ0v) is 16.1. The Morgan fingerprint density at radius 2 is 1.88 bits per heavy atom. The summed E-state index contributed by atoms with van der Waals surface area (Å²) < 4.78 is 7.74. The number of aromatic nitrogens is 2. The zero-order valence-electron chi connectivity index (χ0n) is 16.1. The number of aliphatic hydroxyl groups is 1. The summed E-state index contributed by atoms with van der Waals surface area (Å²) in [7, 11) is 0. The van der Waals surface area contributed by atoms with Crippen LogP contribution in [0.15, 0.2) is 0 Å². The number of ether oxygens (including phenoxy) is 1. The van der Waals surface area contributed by atoms with Crippen molar-refractivity contribution in [3.05, 3.63) is 17.0 Å². The van der Waals surface area contributed by atoms with Crippen LogP contribution in [0.25, 0.3) is 0 Å². The number of morpholine rings is 1. The zero-order chi connectivity index (χ0) is 17.9. The molecule has 1 aliphatic heterocycles. The van der Waals surface area contributed by atoms with Crippen LogP contribution in [0.5, 0.6) is 0 Å². The van der Waals surface area contributed by atoms with Crippen LogP contribution in [0.1, 0.15) is 44.6 Å². The molecule has 0 aliphatic carbocycles. The third-order valence-corrected chi connectivity index (χ3v) is 4.98. The summed E-state index contributed by atoms with van der Waals surface area (Å²) in [5.41, 5.74) is 3.50. The molecule has 1 aromatic heterocycles. The lowest BCUT2D eigenvalue weighted by Gasteiger charge is -2.45. The molecule has 2 N–H and O–H groups in total. The van der Waals surface area contributed by atoms with Crippen LogP contribution in [0.2, 0.25) is 0 Å². The first-order valence-corrected chi connectivity index (χ1v) is 8.99. The monoisotopic (exact) mass is 338 g/mol. The topological polar surface area (TPSA) is 62.5 Å². The molecule has 2 rings (SSSR count). The highest BCUT2D eigenvalue weighted by Gasteiger charge is 2.32. The van der Waals surface area contributed by atoms with Gasteiger partial charge in [-0.3, -0.25) is 9.58 Å². The first-order valence-electron chi connectivity index (χ1n) is 8.99. The lowest BCUT2D eigenvalue weighted by atomic mass is 10.00. The van der Waals surface area contributed by atoms with E-state index < -0.39 is 0 Å². The Kier molecular flexibility index (Phi) is 6.42. The van der Waals surface area contributed by atoms with Gasteiger partial charge in [0, 0.05) is 43.0 Å². The van der Waals surface area contributed by atoms with E-state index in [1.165, 1.54) is 5.56 Å². The summed E-state index contributed by atoms with van der Waals surface area (Å²) in [4.78, 5) is 2.52. The number of aryl methyl sites for hydroxylation is 1. The lowest BCUT2D eigenvalue weighted by Crippen LogP contribution is -2.58. The molecule has 0 aromatic carbocycles. The van der Waals surface area contributed by atoms with Gasteiger partial charge in [0.05, 0.1) is 31.1 Å². The second kappa shape index (κ2) is 7.95. The molecule has 2 heterocycles. The number of hydrogen-bond acceptors (Lipinski definition) is 5. The van der Waals surface area contributed by atoms with E-state index in [0.29, 0.717) is 6.54 Å². The summed E-state index contributed by atoms with van der Waals surface area (Å²) in [5, 5.41) is 17.2. The molecular weight excluding hydrogens is 304 g/mol. The van der Waals surface area contributed by atoms with Gasteiger partial charge in [0.25, 0.3) is 0 Å². The summed E-state index contributed by atoms with van der Waals surface area (Å²) in [6, 6.07) is 0. The predicted molar refractivity (Wildman–Crippen MR) is 96.2 cm³/mol. The van der Waals surface area contributed by atoms with Crippen molar-refractivity contribution >= 4 is 0 Å². The Morgan fingerprint density at radius 3 is 2.46 bits per heavy atom. The predicted octanol–water partition coefficient (Wildman–Crippen LogP) is 1.47. The Bertz CT molecular complexity index is 531. The normalized spacial score (nSPS) is 23.0. The van der Waals surface area contributed by atoms with Crippen LogP contribution >= 0.6 is 0 Å². The fourth-order valence-corrected chi connectivity index (χ4v) is 3.58. The molecule has 6 heteroatoms. The fourth-order valence-electron chi connectivity index (χ4n) is 3.58. The average Bonchev–Trinajstić information content (AvgIpc) is 2.74. The molecule has 1 fully saturated rings. The van der Waals surface area contributed by atoms with Crippen LogP contribution in [-0.4, -0.2) is 63.8 Å². The Hall–Kier alpha value is -0.950. The van der Waals surface area contributed by atoms with Gasteiger partial charge in [0.2, 0.25) is 0 Å². The minimum atomic E-state index is 0.0786. The highest BCUT2D eigenvalue weighted by atomic mass is 16.5. The molecule has 0 unspecified atom stereocenters. The van der Waals surface area contributed by atoms with Gasteiger partial charge in [-0.25, -0.2) is 0 Å². The maximum Gasteiger partial charge on any atom is 0.0678 e.